The number of hydrogen-bond donors (Lipinski definition) is 2. The second kappa shape index (κ2) is 7.52. The van der Waals surface area contributed by atoms with E-state index >= 15 is 0 Å². The molecule has 70 valence electrons. The van der Waals surface area contributed by atoms with Gasteiger partial charge in [0.25, 0.3) is 0 Å². The number of aliphatic hydroxyl groups is 1. The largest absolute Gasteiger partial charge is 0.395 e. The molecule has 0 atom stereocenters. The van der Waals surface area contributed by atoms with Crippen molar-refractivity contribution in [3.63, 3.8) is 0 Å². The van der Waals surface area contributed by atoms with Crippen LogP contribution >= 0.6 is 23.5 Å². The van der Waals surface area contributed by atoms with Gasteiger partial charge in [0, 0.05) is 16.9 Å². The van der Waals surface area contributed by atoms with Crippen LogP contribution in [0.25, 0.3) is 0 Å². The summed E-state index contributed by atoms with van der Waals surface area (Å²) in [6.45, 7) is 0.291. The number of amides is 1. The summed E-state index contributed by atoms with van der Waals surface area (Å²) in [7, 11) is 0. The summed E-state index contributed by atoms with van der Waals surface area (Å²) >= 11 is 3.06. The van der Waals surface area contributed by atoms with Gasteiger partial charge in [0.05, 0.1) is 6.61 Å². The van der Waals surface area contributed by atoms with Gasteiger partial charge >= 0.3 is 0 Å². The van der Waals surface area contributed by atoms with Gasteiger partial charge in [-0.2, -0.15) is 0 Å². The van der Waals surface area contributed by atoms with E-state index in [4.69, 9.17) is 5.11 Å². The first-order valence-electron chi connectivity index (χ1n) is 3.43. The van der Waals surface area contributed by atoms with E-state index in [1.54, 1.807) is 0 Å². The molecule has 0 saturated heterocycles. The van der Waals surface area contributed by atoms with Crippen LogP contribution in [0.4, 0.5) is 0 Å². The molecule has 1 amide bonds. The lowest BCUT2D eigenvalue weighted by Gasteiger charge is -2.00. The molecule has 0 fully saturated rings. The van der Waals surface area contributed by atoms with Crippen molar-refractivity contribution in [2.75, 3.05) is 25.7 Å². The van der Waals surface area contributed by atoms with E-state index in [2.05, 4.69) is 5.32 Å². The molecule has 0 aromatic carbocycles. The van der Waals surface area contributed by atoms with E-state index in [-0.39, 0.29) is 12.5 Å². The Morgan fingerprint density at radius 3 is 2.50 bits per heavy atom. The first-order chi connectivity index (χ1) is 5.74. The fraction of sp³-hybridized carbons (Fsp3) is 0.571. The predicted molar refractivity (Wildman–Crippen MR) is 55.2 cm³/mol. The summed E-state index contributed by atoms with van der Waals surface area (Å²) in [5.74, 6) is -0.150. The first-order valence-corrected chi connectivity index (χ1v) is 5.88. The lowest BCUT2D eigenvalue weighted by atomic mass is 10.5. The van der Waals surface area contributed by atoms with Crippen molar-refractivity contribution in [2.45, 2.75) is 0 Å². The predicted octanol–water partition coefficient (Wildman–Crippen LogP) is 0.662. The van der Waals surface area contributed by atoms with Gasteiger partial charge in [-0.05, 0) is 12.5 Å². The minimum atomic E-state index is -0.150. The standard InChI is InChI=1S/C7H13NO2S2/c1-11-7(12-2)5-6(10)8-3-4-9/h5,9H,3-4H2,1-2H3,(H,8,10). The van der Waals surface area contributed by atoms with E-state index in [1.165, 1.54) is 29.6 Å². The summed E-state index contributed by atoms with van der Waals surface area (Å²) < 4.78 is 0.963. The Morgan fingerprint density at radius 1 is 1.50 bits per heavy atom. The van der Waals surface area contributed by atoms with Crippen molar-refractivity contribution in [1.82, 2.24) is 5.32 Å². The summed E-state index contributed by atoms with van der Waals surface area (Å²) in [5.41, 5.74) is 0. The molecule has 0 aromatic heterocycles. The third-order valence-corrected chi connectivity index (χ3v) is 3.10. The smallest absolute Gasteiger partial charge is 0.245 e. The molecule has 3 nitrogen and oxygen atoms in total. The third-order valence-electron chi connectivity index (χ3n) is 1.06. The zero-order valence-corrected chi connectivity index (χ0v) is 8.80. The highest BCUT2D eigenvalue weighted by atomic mass is 32.2. The topological polar surface area (TPSA) is 49.3 Å². The van der Waals surface area contributed by atoms with Crippen molar-refractivity contribution in [3.05, 3.63) is 10.3 Å². The number of aliphatic hydroxyl groups excluding tert-OH is 1. The SMILES string of the molecule is CSC(=CC(=O)NCCO)SC. The minimum Gasteiger partial charge on any atom is -0.395 e. The lowest BCUT2D eigenvalue weighted by molar-refractivity contribution is -0.116. The summed E-state index contributed by atoms with van der Waals surface area (Å²) in [4.78, 5) is 11.0. The maximum Gasteiger partial charge on any atom is 0.245 e. The number of rotatable bonds is 5. The summed E-state index contributed by atoms with van der Waals surface area (Å²) in [5, 5.41) is 11.0. The second-order valence-corrected chi connectivity index (χ2v) is 3.84. The van der Waals surface area contributed by atoms with Crippen LogP contribution in [0, 0.1) is 0 Å². The molecule has 0 unspecified atom stereocenters. The zero-order chi connectivity index (χ0) is 9.40. The minimum absolute atomic E-state index is 0.0204. The highest BCUT2D eigenvalue weighted by Crippen LogP contribution is 2.22. The zero-order valence-electron chi connectivity index (χ0n) is 7.16. The van der Waals surface area contributed by atoms with Gasteiger partial charge in [-0.15, -0.1) is 23.5 Å². The average molecular weight is 207 g/mol. The number of carbonyl (C=O) groups is 1. The molecule has 0 aliphatic heterocycles. The van der Waals surface area contributed by atoms with Gasteiger partial charge in [-0.1, -0.05) is 0 Å². The van der Waals surface area contributed by atoms with Gasteiger partial charge < -0.3 is 10.4 Å². The average Bonchev–Trinajstić information content (AvgIpc) is 2.10. The second-order valence-electron chi connectivity index (χ2n) is 1.89. The van der Waals surface area contributed by atoms with Crippen LogP contribution in [0.5, 0.6) is 0 Å². The molecule has 0 bridgehead atoms. The molecule has 5 heteroatoms. The van der Waals surface area contributed by atoms with Gasteiger partial charge in [0.15, 0.2) is 0 Å². The molecule has 0 rings (SSSR count). The van der Waals surface area contributed by atoms with Gasteiger partial charge in [0.1, 0.15) is 0 Å². The van der Waals surface area contributed by atoms with Crippen molar-refractivity contribution in [3.8, 4) is 0 Å². The molecule has 0 heterocycles. The number of thioether (sulfide) groups is 2. The number of carbonyl (C=O) groups excluding carboxylic acids is 1. The Kier molecular flexibility index (Phi) is 7.43. The van der Waals surface area contributed by atoms with E-state index in [9.17, 15) is 4.79 Å². The molecule has 0 saturated carbocycles. The molecule has 0 aliphatic carbocycles. The van der Waals surface area contributed by atoms with E-state index in [1.807, 2.05) is 12.5 Å². The molecule has 0 aromatic rings. The molecule has 0 aliphatic rings. The lowest BCUT2D eigenvalue weighted by Crippen LogP contribution is -2.24. The molecule has 12 heavy (non-hydrogen) atoms. The van der Waals surface area contributed by atoms with Crippen LogP contribution in [0.3, 0.4) is 0 Å². The Morgan fingerprint density at radius 2 is 2.08 bits per heavy atom. The fourth-order valence-electron chi connectivity index (χ4n) is 0.538. The Balaban J connectivity index is 3.85. The van der Waals surface area contributed by atoms with Crippen LogP contribution in [-0.2, 0) is 4.79 Å². The Labute approximate surface area is 81.0 Å². The van der Waals surface area contributed by atoms with Crippen molar-refractivity contribution in [2.24, 2.45) is 0 Å². The Hall–Kier alpha value is -0.130. The highest BCUT2D eigenvalue weighted by molar-refractivity contribution is 8.21. The van der Waals surface area contributed by atoms with Crippen molar-refractivity contribution >= 4 is 29.4 Å². The number of hydrogen-bond acceptors (Lipinski definition) is 4. The molecular weight excluding hydrogens is 194 g/mol. The maximum atomic E-state index is 11.0. The quantitative estimate of drug-likeness (QED) is 0.650. The van der Waals surface area contributed by atoms with E-state index in [0.29, 0.717) is 6.54 Å². The van der Waals surface area contributed by atoms with Crippen molar-refractivity contribution in [1.29, 1.82) is 0 Å². The van der Waals surface area contributed by atoms with Gasteiger partial charge in [-0.3, -0.25) is 4.79 Å². The molecule has 0 radical (unpaired) electrons. The van der Waals surface area contributed by atoms with Crippen LogP contribution in [0.15, 0.2) is 10.3 Å². The van der Waals surface area contributed by atoms with Crippen LogP contribution in [0.2, 0.25) is 0 Å². The Bertz CT molecular complexity index is 165. The van der Waals surface area contributed by atoms with Gasteiger partial charge in [-0.25, -0.2) is 0 Å². The molecular formula is C7H13NO2S2. The third kappa shape index (κ3) is 5.51. The van der Waals surface area contributed by atoms with E-state index < -0.39 is 0 Å². The number of nitrogens with one attached hydrogen (secondary N) is 1. The summed E-state index contributed by atoms with van der Waals surface area (Å²) in [6, 6.07) is 0. The maximum absolute atomic E-state index is 11.0. The first kappa shape index (κ1) is 11.9. The van der Waals surface area contributed by atoms with Crippen LogP contribution in [-0.4, -0.2) is 36.7 Å². The summed E-state index contributed by atoms with van der Waals surface area (Å²) in [6.07, 6.45) is 5.37. The molecule has 2 N–H and O–H groups in total. The molecule has 0 spiro atoms. The highest BCUT2D eigenvalue weighted by Gasteiger charge is 1.97. The van der Waals surface area contributed by atoms with Crippen LogP contribution < -0.4 is 5.32 Å². The monoisotopic (exact) mass is 207 g/mol. The van der Waals surface area contributed by atoms with Crippen molar-refractivity contribution < 1.29 is 9.90 Å². The fourth-order valence-corrected chi connectivity index (χ4v) is 1.65. The van der Waals surface area contributed by atoms with E-state index in [0.717, 1.165) is 4.24 Å². The van der Waals surface area contributed by atoms with Gasteiger partial charge in [0.2, 0.25) is 5.91 Å². The normalized spacial score (nSPS) is 9.25. The van der Waals surface area contributed by atoms with Crippen LogP contribution in [0.1, 0.15) is 0 Å².